The van der Waals surface area contributed by atoms with E-state index in [0.29, 0.717) is 0 Å². The lowest BCUT2D eigenvalue weighted by Crippen LogP contribution is -2.09. The summed E-state index contributed by atoms with van der Waals surface area (Å²) in [6.45, 7) is -0.190. The molecule has 0 saturated carbocycles. The fraction of sp³-hybridized carbons (Fsp3) is 0.125. The number of hydrogen-bond acceptors (Lipinski definition) is 5. The fourth-order valence-corrected chi connectivity index (χ4v) is 0.673. The van der Waals surface area contributed by atoms with E-state index >= 15 is 0 Å². The molecule has 13 heavy (non-hydrogen) atoms. The molecule has 5 nitrogen and oxygen atoms in total. The molecule has 0 aliphatic rings. The Morgan fingerprint density at radius 3 is 3.00 bits per heavy atom. The summed E-state index contributed by atoms with van der Waals surface area (Å²) in [5.41, 5.74) is 0.178. The van der Waals surface area contributed by atoms with Gasteiger partial charge in [-0.15, -0.1) is 0 Å². The maximum atomic E-state index is 11.0. The van der Waals surface area contributed by atoms with Gasteiger partial charge >= 0.3 is 5.97 Å². The molecule has 0 radical (unpaired) electrons. The first-order valence-corrected chi connectivity index (χ1v) is 3.48. The Bertz CT molecular complexity index is 285. The van der Waals surface area contributed by atoms with Crippen LogP contribution in [-0.4, -0.2) is 24.2 Å². The van der Waals surface area contributed by atoms with Crippen molar-refractivity contribution in [3.63, 3.8) is 0 Å². The van der Waals surface area contributed by atoms with E-state index in [-0.39, 0.29) is 19.0 Å². The molecule has 0 aliphatic carbocycles. The minimum absolute atomic E-state index is 0.178. The van der Waals surface area contributed by atoms with Crippen molar-refractivity contribution in [2.24, 2.45) is 0 Å². The maximum Gasteiger partial charge on any atom is 0.359 e. The highest BCUT2D eigenvalue weighted by Crippen LogP contribution is 1.95. The van der Waals surface area contributed by atoms with Gasteiger partial charge in [0.05, 0.1) is 0 Å². The summed E-state index contributed by atoms with van der Waals surface area (Å²) in [6, 6.07) is 4.84. The number of carbonyl (C=O) groups is 2. The van der Waals surface area contributed by atoms with E-state index in [4.69, 9.17) is 0 Å². The number of ether oxygens (including phenoxy) is 2. The lowest BCUT2D eigenvalue weighted by Gasteiger charge is -2.00. The molecule has 68 valence electrons. The van der Waals surface area contributed by atoms with E-state index in [0.717, 1.165) is 0 Å². The Kier molecular flexibility index (Phi) is 3.44. The predicted molar refractivity (Wildman–Crippen MR) is 41.7 cm³/mol. The normalized spacial score (nSPS) is 8.92. The second-order valence-electron chi connectivity index (χ2n) is 2.03. The first-order valence-electron chi connectivity index (χ1n) is 3.48. The van der Waals surface area contributed by atoms with E-state index in [1.54, 1.807) is 12.1 Å². The molecular formula is C8H7NO4. The molecule has 0 aromatic carbocycles. The average Bonchev–Trinajstić information content (AvgIpc) is 2.19. The van der Waals surface area contributed by atoms with Crippen molar-refractivity contribution in [2.75, 3.05) is 6.79 Å². The summed E-state index contributed by atoms with van der Waals surface area (Å²) in [6.07, 6.45) is 1.47. The van der Waals surface area contributed by atoms with Gasteiger partial charge in [-0.2, -0.15) is 0 Å². The molecule has 5 heteroatoms. The Morgan fingerprint density at radius 2 is 2.38 bits per heavy atom. The molecule has 1 heterocycles. The molecule has 0 N–H and O–H groups in total. The first-order chi connectivity index (χ1) is 6.34. The van der Waals surface area contributed by atoms with Crippen LogP contribution < -0.4 is 0 Å². The lowest BCUT2D eigenvalue weighted by atomic mass is 10.4. The van der Waals surface area contributed by atoms with Crippen LogP contribution in [0, 0.1) is 0 Å². The minimum Gasteiger partial charge on any atom is -0.430 e. The molecule has 1 rings (SSSR count). The predicted octanol–water partition coefficient (Wildman–Crippen LogP) is 0.369. The Morgan fingerprint density at radius 1 is 1.54 bits per heavy atom. The van der Waals surface area contributed by atoms with Crippen LogP contribution in [-0.2, 0) is 14.3 Å². The summed E-state index contributed by atoms with van der Waals surface area (Å²) in [4.78, 5) is 24.5. The van der Waals surface area contributed by atoms with Crippen LogP contribution in [0.3, 0.4) is 0 Å². The van der Waals surface area contributed by atoms with Gasteiger partial charge in [0.1, 0.15) is 5.69 Å². The Balaban J connectivity index is 2.45. The number of aromatic nitrogens is 1. The highest BCUT2D eigenvalue weighted by molar-refractivity contribution is 5.86. The van der Waals surface area contributed by atoms with Gasteiger partial charge in [-0.1, -0.05) is 6.07 Å². The number of hydrogen-bond donors (Lipinski definition) is 0. The van der Waals surface area contributed by atoms with Gasteiger partial charge in [-0.3, -0.25) is 4.79 Å². The second-order valence-corrected chi connectivity index (χ2v) is 2.03. The number of esters is 1. The maximum absolute atomic E-state index is 11.0. The van der Waals surface area contributed by atoms with E-state index in [2.05, 4.69) is 14.5 Å². The third-order valence-electron chi connectivity index (χ3n) is 1.20. The number of nitrogens with zero attached hydrogens (tertiary/aromatic N) is 1. The van der Waals surface area contributed by atoms with Gasteiger partial charge in [0, 0.05) is 6.20 Å². The average molecular weight is 181 g/mol. The van der Waals surface area contributed by atoms with Crippen LogP contribution in [0.5, 0.6) is 0 Å². The second kappa shape index (κ2) is 4.87. The van der Waals surface area contributed by atoms with Crippen molar-refractivity contribution in [3.8, 4) is 0 Å². The SMILES string of the molecule is O=COCOC(=O)c1ccccn1. The molecule has 0 atom stereocenters. The highest BCUT2D eigenvalue weighted by Gasteiger charge is 2.06. The van der Waals surface area contributed by atoms with Gasteiger partial charge in [-0.05, 0) is 12.1 Å². The third-order valence-corrected chi connectivity index (χ3v) is 1.20. The zero-order valence-corrected chi connectivity index (χ0v) is 6.67. The summed E-state index contributed by atoms with van der Waals surface area (Å²) in [7, 11) is 0. The molecule has 0 amide bonds. The molecule has 0 fully saturated rings. The van der Waals surface area contributed by atoms with E-state index in [1.165, 1.54) is 12.3 Å². The molecular weight excluding hydrogens is 174 g/mol. The van der Waals surface area contributed by atoms with Crippen molar-refractivity contribution in [1.82, 2.24) is 4.98 Å². The highest BCUT2D eigenvalue weighted by atomic mass is 16.7. The monoisotopic (exact) mass is 181 g/mol. The van der Waals surface area contributed by atoms with E-state index < -0.39 is 5.97 Å². The van der Waals surface area contributed by atoms with Crippen LogP contribution in [0.4, 0.5) is 0 Å². The number of carbonyl (C=O) groups excluding carboxylic acids is 2. The topological polar surface area (TPSA) is 65.5 Å². The van der Waals surface area contributed by atoms with E-state index in [9.17, 15) is 9.59 Å². The quantitative estimate of drug-likeness (QED) is 0.290. The van der Waals surface area contributed by atoms with Crippen molar-refractivity contribution in [1.29, 1.82) is 0 Å². The lowest BCUT2D eigenvalue weighted by molar-refractivity contribution is -0.136. The van der Waals surface area contributed by atoms with Gasteiger partial charge < -0.3 is 9.47 Å². The van der Waals surface area contributed by atoms with Crippen LogP contribution in [0.1, 0.15) is 10.5 Å². The number of rotatable bonds is 4. The Hall–Kier alpha value is -1.91. The molecule has 1 aromatic rings. The molecule has 0 bridgehead atoms. The van der Waals surface area contributed by atoms with Crippen molar-refractivity contribution in [2.45, 2.75) is 0 Å². The summed E-state index contributed by atoms with van der Waals surface area (Å²) in [5.74, 6) is -0.623. The van der Waals surface area contributed by atoms with Crippen molar-refractivity contribution >= 4 is 12.4 Å². The van der Waals surface area contributed by atoms with Crippen LogP contribution in [0.2, 0.25) is 0 Å². The summed E-state index contributed by atoms with van der Waals surface area (Å²) in [5, 5.41) is 0. The minimum atomic E-state index is -0.623. The molecule has 0 spiro atoms. The van der Waals surface area contributed by atoms with E-state index in [1.807, 2.05) is 0 Å². The van der Waals surface area contributed by atoms with Crippen molar-refractivity contribution in [3.05, 3.63) is 30.1 Å². The van der Waals surface area contributed by atoms with Gasteiger partial charge in [0.25, 0.3) is 6.47 Å². The molecule has 1 aromatic heterocycles. The van der Waals surface area contributed by atoms with Crippen LogP contribution in [0.15, 0.2) is 24.4 Å². The third kappa shape index (κ3) is 2.90. The van der Waals surface area contributed by atoms with Crippen LogP contribution >= 0.6 is 0 Å². The largest absolute Gasteiger partial charge is 0.430 e. The van der Waals surface area contributed by atoms with Gasteiger partial charge in [0.2, 0.25) is 6.79 Å². The smallest absolute Gasteiger partial charge is 0.359 e. The first kappa shape index (κ1) is 9.18. The fourth-order valence-electron chi connectivity index (χ4n) is 0.673. The standard InChI is InChI=1S/C8H7NO4/c10-5-12-6-13-8(11)7-3-1-2-4-9-7/h1-5H,6H2. The molecule has 0 aliphatic heterocycles. The molecule has 0 unspecified atom stereocenters. The van der Waals surface area contributed by atoms with Crippen molar-refractivity contribution < 1.29 is 19.1 Å². The zero-order chi connectivity index (χ0) is 9.52. The summed E-state index contributed by atoms with van der Waals surface area (Å²) >= 11 is 0. The van der Waals surface area contributed by atoms with Gasteiger partial charge in [0.15, 0.2) is 0 Å². The Labute approximate surface area is 74.3 Å². The molecule has 0 saturated heterocycles. The zero-order valence-electron chi connectivity index (χ0n) is 6.67. The van der Waals surface area contributed by atoms with Gasteiger partial charge in [-0.25, -0.2) is 9.78 Å². The number of pyridine rings is 1. The van der Waals surface area contributed by atoms with Crippen LogP contribution in [0.25, 0.3) is 0 Å². The summed E-state index contributed by atoms with van der Waals surface area (Å²) < 4.78 is 8.69.